The fraction of sp³-hybridized carbons (Fsp3) is 1.00. The van der Waals surface area contributed by atoms with Crippen molar-refractivity contribution in [2.45, 2.75) is 71.6 Å². The molecule has 0 aliphatic carbocycles. The highest BCUT2D eigenvalue weighted by atomic mass is 32.2. The van der Waals surface area contributed by atoms with E-state index in [1.54, 1.807) is 0 Å². The minimum absolute atomic E-state index is 0.115. The molecule has 0 fully saturated rings. The molecule has 0 aromatic carbocycles. The van der Waals surface area contributed by atoms with Gasteiger partial charge >= 0.3 is 0 Å². The van der Waals surface area contributed by atoms with Crippen molar-refractivity contribution >= 4 is 9.84 Å². The van der Waals surface area contributed by atoms with Gasteiger partial charge in [0.1, 0.15) is 0 Å². The molecule has 1 N–H and O–H groups in total. The quantitative estimate of drug-likeness (QED) is 0.667. The van der Waals surface area contributed by atoms with E-state index < -0.39 is 9.84 Å². The van der Waals surface area contributed by atoms with Gasteiger partial charge in [-0.3, -0.25) is 0 Å². The predicted octanol–water partition coefficient (Wildman–Crippen LogP) is 3.00. The second-order valence-corrected chi connectivity index (χ2v) is 7.78. The smallest absolute Gasteiger partial charge is 0.154 e. The van der Waals surface area contributed by atoms with E-state index in [0.29, 0.717) is 12.2 Å². The van der Waals surface area contributed by atoms with E-state index >= 15 is 0 Å². The summed E-state index contributed by atoms with van der Waals surface area (Å²) in [5, 5.41) is 3.19. The Morgan fingerprint density at radius 1 is 1.06 bits per heavy atom. The summed E-state index contributed by atoms with van der Waals surface area (Å²) < 4.78 is 24.8. The molecule has 0 radical (unpaired) electrons. The Morgan fingerprint density at radius 2 is 1.67 bits per heavy atom. The molecule has 4 heteroatoms. The number of nitrogens with one attached hydrogen (secondary N) is 1. The van der Waals surface area contributed by atoms with Gasteiger partial charge in [0.15, 0.2) is 9.84 Å². The van der Waals surface area contributed by atoms with E-state index in [9.17, 15) is 8.42 Å². The maximum absolute atomic E-state index is 12.4. The summed E-state index contributed by atoms with van der Waals surface area (Å²) in [7, 11) is -2.99. The highest BCUT2D eigenvalue weighted by Gasteiger charge is 2.31. The van der Waals surface area contributed by atoms with Gasteiger partial charge in [-0.2, -0.15) is 0 Å². The Bertz CT molecular complexity index is 299. The lowest BCUT2D eigenvalue weighted by Gasteiger charge is -2.27. The molecule has 2 atom stereocenters. The average molecular weight is 277 g/mol. The summed E-state index contributed by atoms with van der Waals surface area (Å²) in [5.41, 5.74) is 0. The van der Waals surface area contributed by atoms with Gasteiger partial charge in [0.05, 0.1) is 11.0 Å². The van der Waals surface area contributed by atoms with Crippen LogP contribution in [0.3, 0.4) is 0 Å². The van der Waals surface area contributed by atoms with E-state index in [1.807, 2.05) is 20.8 Å². The van der Waals surface area contributed by atoms with Gasteiger partial charge in [0.2, 0.25) is 0 Å². The number of hydrogen-bond acceptors (Lipinski definition) is 3. The van der Waals surface area contributed by atoms with Crippen LogP contribution in [0.1, 0.15) is 60.3 Å². The number of sulfone groups is 1. The third kappa shape index (κ3) is 6.19. The largest absolute Gasteiger partial charge is 0.313 e. The van der Waals surface area contributed by atoms with Crippen molar-refractivity contribution in [3.63, 3.8) is 0 Å². The lowest BCUT2D eigenvalue weighted by atomic mass is 10.1. The van der Waals surface area contributed by atoms with Crippen LogP contribution >= 0.6 is 0 Å². The van der Waals surface area contributed by atoms with Crippen molar-refractivity contribution in [3.05, 3.63) is 0 Å². The molecule has 0 bridgehead atoms. The fourth-order valence-electron chi connectivity index (χ4n) is 2.44. The zero-order chi connectivity index (χ0) is 14.2. The molecule has 3 nitrogen and oxygen atoms in total. The van der Waals surface area contributed by atoms with E-state index in [1.165, 1.54) is 0 Å². The molecular weight excluding hydrogens is 246 g/mol. The second kappa shape index (κ2) is 8.92. The summed E-state index contributed by atoms with van der Waals surface area (Å²) in [6.07, 6.45) is 3.71. The van der Waals surface area contributed by atoms with Crippen molar-refractivity contribution in [1.82, 2.24) is 5.32 Å². The van der Waals surface area contributed by atoms with E-state index in [-0.39, 0.29) is 17.2 Å². The zero-order valence-corrected chi connectivity index (χ0v) is 13.5. The molecule has 0 aromatic rings. The molecule has 0 saturated heterocycles. The van der Waals surface area contributed by atoms with Crippen LogP contribution in [0.15, 0.2) is 0 Å². The summed E-state index contributed by atoms with van der Waals surface area (Å²) in [6.45, 7) is 11.1. The normalized spacial score (nSPS) is 15.9. The molecule has 0 aliphatic heterocycles. The van der Waals surface area contributed by atoms with Crippen molar-refractivity contribution in [2.75, 3.05) is 12.3 Å². The van der Waals surface area contributed by atoms with Gasteiger partial charge in [-0.15, -0.1) is 0 Å². The maximum Gasteiger partial charge on any atom is 0.154 e. The second-order valence-electron chi connectivity index (χ2n) is 5.52. The van der Waals surface area contributed by atoms with Gasteiger partial charge in [0, 0.05) is 6.04 Å². The van der Waals surface area contributed by atoms with E-state index in [4.69, 9.17) is 0 Å². The monoisotopic (exact) mass is 277 g/mol. The Labute approximate surface area is 114 Å². The molecule has 0 rings (SSSR count). The molecule has 0 aliphatic rings. The van der Waals surface area contributed by atoms with Crippen molar-refractivity contribution in [1.29, 1.82) is 0 Å². The Hall–Kier alpha value is -0.0900. The zero-order valence-electron chi connectivity index (χ0n) is 12.7. The summed E-state index contributed by atoms with van der Waals surface area (Å²) in [4.78, 5) is 0. The third-order valence-electron chi connectivity index (χ3n) is 3.13. The van der Waals surface area contributed by atoms with Crippen LogP contribution in [0, 0.1) is 5.92 Å². The molecule has 0 amide bonds. The third-order valence-corrected chi connectivity index (χ3v) is 5.85. The highest BCUT2D eigenvalue weighted by molar-refractivity contribution is 7.92. The van der Waals surface area contributed by atoms with E-state index in [2.05, 4.69) is 19.2 Å². The lowest BCUT2D eigenvalue weighted by molar-refractivity contribution is 0.434. The fourth-order valence-corrected chi connectivity index (χ4v) is 4.85. The van der Waals surface area contributed by atoms with Crippen LogP contribution in [0.4, 0.5) is 0 Å². The van der Waals surface area contributed by atoms with Crippen LogP contribution in [0.2, 0.25) is 0 Å². The number of hydrogen-bond donors (Lipinski definition) is 1. The first-order valence-electron chi connectivity index (χ1n) is 7.33. The predicted molar refractivity (Wildman–Crippen MR) is 79.7 cm³/mol. The first-order valence-corrected chi connectivity index (χ1v) is 9.05. The minimum atomic E-state index is -2.99. The first kappa shape index (κ1) is 17.9. The molecule has 0 aromatic heterocycles. The number of rotatable bonds is 10. The Balaban J connectivity index is 4.86. The summed E-state index contributed by atoms with van der Waals surface area (Å²) in [5.74, 6) is 0.511. The van der Waals surface area contributed by atoms with Crippen LogP contribution in [-0.2, 0) is 9.84 Å². The highest BCUT2D eigenvalue weighted by Crippen LogP contribution is 2.18. The maximum atomic E-state index is 12.4. The molecule has 0 spiro atoms. The Kier molecular flexibility index (Phi) is 8.87. The molecule has 0 saturated carbocycles. The lowest BCUT2D eigenvalue weighted by Crippen LogP contribution is -2.45. The molecule has 110 valence electrons. The standard InChI is InChI=1S/C14H31NO2S/c1-6-9-13(15-10-7-2)14(8-3)18(16,17)11-12(4)5/h12-15H,6-11H2,1-5H3. The van der Waals surface area contributed by atoms with Gasteiger partial charge in [0.25, 0.3) is 0 Å². The van der Waals surface area contributed by atoms with Gasteiger partial charge in [-0.1, -0.05) is 41.0 Å². The van der Waals surface area contributed by atoms with Crippen molar-refractivity contribution in [3.8, 4) is 0 Å². The van der Waals surface area contributed by atoms with Crippen molar-refractivity contribution < 1.29 is 8.42 Å². The summed E-state index contributed by atoms with van der Waals surface area (Å²) in [6, 6.07) is 0.115. The van der Waals surface area contributed by atoms with Crippen LogP contribution < -0.4 is 5.32 Å². The van der Waals surface area contributed by atoms with E-state index in [0.717, 1.165) is 25.8 Å². The summed E-state index contributed by atoms with van der Waals surface area (Å²) >= 11 is 0. The topological polar surface area (TPSA) is 46.2 Å². The minimum Gasteiger partial charge on any atom is -0.313 e. The first-order chi connectivity index (χ1) is 8.38. The Morgan fingerprint density at radius 3 is 2.06 bits per heavy atom. The molecule has 0 heterocycles. The average Bonchev–Trinajstić information content (AvgIpc) is 2.24. The van der Waals surface area contributed by atoms with Crippen LogP contribution in [0.5, 0.6) is 0 Å². The molecule has 18 heavy (non-hydrogen) atoms. The SMILES string of the molecule is CCCNC(CCC)C(CC)S(=O)(=O)CC(C)C. The van der Waals surface area contributed by atoms with Crippen LogP contribution in [-0.4, -0.2) is 32.0 Å². The van der Waals surface area contributed by atoms with Gasteiger partial charge < -0.3 is 5.32 Å². The molecular formula is C14H31NO2S. The molecule has 2 unspecified atom stereocenters. The van der Waals surface area contributed by atoms with Gasteiger partial charge in [-0.25, -0.2) is 8.42 Å². The van der Waals surface area contributed by atoms with Gasteiger partial charge in [-0.05, 0) is 31.7 Å². The van der Waals surface area contributed by atoms with Crippen LogP contribution in [0.25, 0.3) is 0 Å². The van der Waals surface area contributed by atoms with Crippen molar-refractivity contribution in [2.24, 2.45) is 5.92 Å².